The highest BCUT2D eigenvalue weighted by atomic mass is 32.2. The summed E-state index contributed by atoms with van der Waals surface area (Å²) >= 11 is 1.41. The number of hydrogen-bond donors (Lipinski definition) is 3. The van der Waals surface area contributed by atoms with Gasteiger partial charge >= 0.3 is 0 Å². The maximum Gasteiger partial charge on any atom is 0.212 e. The van der Waals surface area contributed by atoms with Gasteiger partial charge in [-0.1, -0.05) is 55.6 Å². The number of hydrogen-bond acceptors (Lipinski definition) is 6. The minimum absolute atomic E-state index is 0. The molecule has 0 aromatic heterocycles. The van der Waals surface area contributed by atoms with Crippen LogP contribution in [0.3, 0.4) is 0 Å². The lowest BCUT2D eigenvalue weighted by Gasteiger charge is -2.12. The molecule has 166 valence electrons. The minimum Gasteiger partial charge on any atom is -0.348 e. The van der Waals surface area contributed by atoms with Crippen LogP contribution in [0.5, 0.6) is 0 Å². The second-order valence-corrected chi connectivity index (χ2v) is 6.39. The van der Waals surface area contributed by atoms with Crippen molar-refractivity contribution in [3.8, 4) is 12.4 Å². The fraction of sp³-hybridized carbons (Fsp3) is 0.273. The molecular formula is C22H32N8S. The SMILES string of the molecule is C.CN(C)C(=Nc1ccccc1)NC#N.CNC.CSC(=Nc1ccccc1)NC#N. The Labute approximate surface area is 190 Å². The van der Waals surface area contributed by atoms with Crippen molar-refractivity contribution in [2.75, 3.05) is 34.4 Å². The number of guanidine groups is 1. The second-order valence-electron chi connectivity index (χ2n) is 5.60. The molecule has 0 radical (unpaired) electrons. The van der Waals surface area contributed by atoms with Gasteiger partial charge in [-0.15, -0.1) is 0 Å². The summed E-state index contributed by atoms with van der Waals surface area (Å²) in [6.07, 6.45) is 5.55. The average molecular weight is 441 g/mol. The monoisotopic (exact) mass is 440 g/mol. The Morgan fingerprint density at radius 2 is 1.26 bits per heavy atom. The Morgan fingerprint density at radius 1 is 0.839 bits per heavy atom. The summed E-state index contributed by atoms with van der Waals surface area (Å²) in [5, 5.41) is 25.3. The first-order valence-electron chi connectivity index (χ1n) is 8.89. The van der Waals surface area contributed by atoms with E-state index in [9.17, 15) is 0 Å². The summed E-state index contributed by atoms with van der Waals surface area (Å²) < 4.78 is 0. The topological polar surface area (TPSA) is 112 Å². The van der Waals surface area contributed by atoms with Gasteiger partial charge < -0.3 is 10.2 Å². The van der Waals surface area contributed by atoms with Crippen molar-refractivity contribution in [2.24, 2.45) is 9.98 Å². The molecule has 0 amide bonds. The predicted molar refractivity (Wildman–Crippen MR) is 133 cm³/mol. The van der Waals surface area contributed by atoms with E-state index >= 15 is 0 Å². The minimum atomic E-state index is 0. The van der Waals surface area contributed by atoms with Crippen molar-refractivity contribution in [3.05, 3.63) is 60.7 Å². The molecule has 9 heteroatoms. The Balaban J connectivity index is 0. The van der Waals surface area contributed by atoms with Gasteiger partial charge in [0, 0.05) is 14.1 Å². The predicted octanol–water partition coefficient (Wildman–Crippen LogP) is 3.89. The molecule has 0 saturated heterocycles. The van der Waals surface area contributed by atoms with Crippen molar-refractivity contribution in [2.45, 2.75) is 7.43 Å². The molecule has 0 aliphatic heterocycles. The summed E-state index contributed by atoms with van der Waals surface area (Å²) in [7, 11) is 7.40. The molecule has 31 heavy (non-hydrogen) atoms. The number of nitriles is 2. The van der Waals surface area contributed by atoms with E-state index in [0.29, 0.717) is 11.1 Å². The molecule has 0 aliphatic carbocycles. The Hall–Kier alpha value is -3.53. The van der Waals surface area contributed by atoms with Gasteiger partial charge in [-0.05, 0) is 44.6 Å². The van der Waals surface area contributed by atoms with E-state index in [2.05, 4.69) is 25.9 Å². The molecular weight excluding hydrogens is 408 g/mol. The molecule has 0 heterocycles. The van der Waals surface area contributed by atoms with E-state index in [0.717, 1.165) is 11.4 Å². The van der Waals surface area contributed by atoms with Crippen molar-refractivity contribution < 1.29 is 0 Å². The van der Waals surface area contributed by atoms with E-state index in [-0.39, 0.29) is 7.43 Å². The molecule has 0 aliphatic rings. The normalized spacial score (nSPS) is 9.77. The maximum atomic E-state index is 8.49. The first-order chi connectivity index (χ1) is 14.5. The standard InChI is InChI=1S/C10H12N4.C9H9N3S.C2H7N.CH4/c1-14(2)10(12-8-11)13-9-6-4-3-5-7-9;1-13-9(11-7-10)12-8-5-3-2-4-6-8;1-3-2;/h3-7H,1-2H3,(H,12,13);2-6H,1H3,(H,11,12);3H,1-2H3;1H4. The van der Waals surface area contributed by atoms with Gasteiger partial charge in [0.2, 0.25) is 5.96 Å². The highest BCUT2D eigenvalue weighted by Gasteiger charge is 1.99. The zero-order valence-electron chi connectivity index (χ0n) is 17.9. The molecule has 0 saturated carbocycles. The van der Waals surface area contributed by atoms with E-state index in [1.54, 1.807) is 4.90 Å². The summed E-state index contributed by atoms with van der Waals surface area (Å²) in [5.41, 5.74) is 1.66. The molecule has 0 unspecified atom stereocenters. The van der Waals surface area contributed by atoms with E-state index in [1.807, 2.05) is 107 Å². The average Bonchev–Trinajstić information content (AvgIpc) is 2.75. The highest BCUT2D eigenvalue weighted by molar-refractivity contribution is 8.13. The van der Waals surface area contributed by atoms with E-state index < -0.39 is 0 Å². The molecule has 0 fully saturated rings. The van der Waals surface area contributed by atoms with Crippen LogP contribution in [0.1, 0.15) is 7.43 Å². The summed E-state index contributed by atoms with van der Waals surface area (Å²) in [4.78, 5) is 10.2. The number of benzene rings is 2. The van der Waals surface area contributed by atoms with Gasteiger partial charge in [-0.2, -0.15) is 10.5 Å². The van der Waals surface area contributed by atoms with Gasteiger partial charge in [0.1, 0.15) is 0 Å². The van der Waals surface area contributed by atoms with Crippen LogP contribution in [-0.2, 0) is 0 Å². The van der Waals surface area contributed by atoms with Crippen molar-refractivity contribution in [1.29, 1.82) is 10.5 Å². The molecule has 3 N–H and O–H groups in total. The quantitative estimate of drug-likeness (QED) is 0.281. The molecule has 2 rings (SSSR count). The number of nitrogens with zero attached hydrogens (tertiary/aromatic N) is 5. The van der Waals surface area contributed by atoms with Crippen LogP contribution < -0.4 is 16.0 Å². The third-order valence-electron chi connectivity index (χ3n) is 2.93. The first-order valence-corrected chi connectivity index (χ1v) is 10.1. The lowest BCUT2D eigenvalue weighted by atomic mass is 10.3. The molecule has 8 nitrogen and oxygen atoms in total. The van der Waals surface area contributed by atoms with Crippen LogP contribution in [0.25, 0.3) is 0 Å². The lowest BCUT2D eigenvalue weighted by molar-refractivity contribution is 0.603. The van der Waals surface area contributed by atoms with Gasteiger partial charge in [0.05, 0.1) is 11.4 Å². The molecule has 0 atom stereocenters. The van der Waals surface area contributed by atoms with E-state index in [4.69, 9.17) is 10.5 Å². The summed E-state index contributed by atoms with van der Waals surface area (Å²) in [6, 6.07) is 19.0. The smallest absolute Gasteiger partial charge is 0.212 e. The molecule has 2 aromatic carbocycles. The van der Waals surface area contributed by atoms with Crippen LogP contribution >= 0.6 is 11.8 Å². The van der Waals surface area contributed by atoms with Crippen molar-refractivity contribution in [3.63, 3.8) is 0 Å². The third-order valence-corrected chi connectivity index (χ3v) is 3.51. The third kappa shape index (κ3) is 15.0. The van der Waals surface area contributed by atoms with Crippen LogP contribution in [0.4, 0.5) is 11.4 Å². The summed E-state index contributed by atoms with van der Waals surface area (Å²) in [5.74, 6) is 0.527. The number of rotatable bonds is 2. The van der Waals surface area contributed by atoms with Gasteiger partial charge in [-0.3, -0.25) is 10.6 Å². The van der Waals surface area contributed by atoms with Crippen molar-refractivity contribution in [1.82, 2.24) is 20.9 Å². The fourth-order valence-corrected chi connectivity index (χ4v) is 2.05. The van der Waals surface area contributed by atoms with Gasteiger partial charge in [0.25, 0.3) is 0 Å². The number of para-hydroxylation sites is 2. The van der Waals surface area contributed by atoms with Crippen LogP contribution in [0.2, 0.25) is 0 Å². The largest absolute Gasteiger partial charge is 0.348 e. The molecule has 0 bridgehead atoms. The highest BCUT2D eigenvalue weighted by Crippen LogP contribution is 2.12. The van der Waals surface area contributed by atoms with Gasteiger partial charge in [-0.25, -0.2) is 9.98 Å². The molecule has 0 spiro atoms. The zero-order valence-corrected chi connectivity index (χ0v) is 18.7. The molecule has 2 aromatic rings. The number of nitrogens with one attached hydrogen (secondary N) is 3. The number of amidine groups is 1. The Bertz CT molecular complexity index is 837. The first kappa shape index (κ1) is 29.7. The Morgan fingerprint density at radius 3 is 1.61 bits per heavy atom. The maximum absolute atomic E-state index is 8.49. The van der Waals surface area contributed by atoms with Gasteiger partial charge in [0.15, 0.2) is 17.6 Å². The van der Waals surface area contributed by atoms with Crippen LogP contribution in [-0.4, -0.2) is 50.5 Å². The lowest BCUT2D eigenvalue weighted by Crippen LogP contribution is -2.32. The number of thioether (sulfide) groups is 1. The zero-order chi connectivity index (χ0) is 22.6. The summed E-state index contributed by atoms with van der Waals surface area (Å²) in [6.45, 7) is 0. The number of aliphatic imine (C=N–C) groups is 2. The van der Waals surface area contributed by atoms with Crippen LogP contribution in [0.15, 0.2) is 70.6 Å². The Kier molecular flexibility index (Phi) is 18.9. The fourth-order valence-electron chi connectivity index (χ4n) is 1.71. The van der Waals surface area contributed by atoms with Crippen molar-refractivity contribution >= 4 is 34.3 Å². The van der Waals surface area contributed by atoms with Crippen LogP contribution in [0, 0.1) is 22.9 Å². The van der Waals surface area contributed by atoms with E-state index in [1.165, 1.54) is 11.8 Å². The second kappa shape index (κ2) is 19.8.